The van der Waals surface area contributed by atoms with Crippen LogP contribution < -0.4 is 15.4 Å². The van der Waals surface area contributed by atoms with E-state index in [1.165, 1.54) is 0 Å². The Morgan fingerprint density at radius 2 is 1.87 bits per heavy atom. The third-order valence-electron chi connectivity index (χ3n) is 3.91. The summed E-state index contributed by atoms with van der Waals surface area (Å²) >= 11 is 0. The number of halogens is 1. The van der Waals surface area contributed by atoms with Gasteiger partial charge in [0.1, 0.15) is 5.75 Å². The van der Waals surface area contributed by atoms with Gasteiger partial charge in [0.2, 0.25) is 0 Å². The summed E-state index contributed by atoms with van der Waals surface area (Å²) in [5, 5.41) is 6.73. The minimum absolute atomic E-state index is 0. The van der Waals surface area contributed by atoms with Crippen LogP contribution in [0.2, 0.25) is 0 Å². The van der Waals surface area contributed by atoms with Crippen molar-refractivity contribution in [2.24, 2.45) is 0 Å². The first-order valence-corrected chi connectivity index (χ1v) is 7.93. The van der Waals surface area contributed by atoms with Gasteiger partial charge in [-0.3, -0.25) is 4.79 Å². The highest BCUT2D eigenvalue weighted by Crippen LogP contribution is 2.28. The number of aryl methyl sites for hydroxylation is 1. The second-order valence-electron chi connectivity index (χ2n) is 7.67. The maximum absolute atomic E-state index is 12.1. The molecule has 0 unspecified atom stereocenters. The molecule has 0 aromatic heterocycles. The third kappa shape index (κ3) is 6.40. The molecule has 1 aromatic carbocycles. The third-order valence-corrected chi connectivity index (χ3v) is 3.91. The molecule has 1 aliphatic rings. The molecule has 1 aromatic rings. The molecular weight excluding hydrogens is 312 g/mol. The fraction of sp³-hybridized carbons (Fsp3) is 0.611. The zero-order valence-corrected chi connectivity index (χ0v) is 15.5. The lowest BCUT2D eigenvalue weighted by Crippen LogP contribution is -2.62. The number of ether oxygens (including phenoxy) is 1. The Kier molecular flexibility index (Phi) is 6.49. The van der Waals surface area contributed by atoms with Crippen LogP contribution in [0.25, 0.3) is 0 Å². The maximum Gasteiger partial charge on any atom is 0.258 e. The lowest BCUT2D eigenvalue weighted by Gasteiger charge is -2.46. The Morgan fingerprint density at radius 3 is 2.43 bits per heavy atom. The second-order valence-corrected chi connectivity index (χ2v) is 7.67. The molecule has 4 nitrogen and oxygen atoms in total. The molecule has 0 saturated carbocycles. The summed E-state index contributed by atoms with van der Waals surface area (Å²) in [6.07, 6.45) is 1.85. The molecule has 1 amide bonds. The van der Waals surface area contributed by atoms with Gasteiger partial charge in [0, 0.05) is 17.1 Å². The van der Waals surface area contributed by atoms with Crippen molar-refractivity contribution in [3.63, 3.8) is 0 Å². The molecule has 0 bridgehead atoms. The van der Waals surface area contributed by atoms with Crippen molar-refractivity contribution in [3.05, 3.63) is 29.8 Å². The zero-order chi connectivity index (χ0) is 16.4. The topological polar surface area (TPSA) is 50.4 Å². The summed E-state index contributed by atoms with van der Waals surface area (Å²) in [6.45, 7) is 10.8. The Morgan fingerprint density at radius 1 is 1.26 bits per heavy atom. The Bertz CT molecular complexity index is 528. The second kappa shape index (κ2) is 7.54. The average molecular weight is 341 g/mol. The van der Waals surface area contributed by atoms with E-state index in [1.54, 1.807) is 0 Å². The van der Waals surface area contributed by atoms with Crippen LogP contribution in [0.5, 0.6) is 5.75 Å². The highest BCUT2D eigenvalue weighted by atomic mass is 35.5. The van der Waals surface area contributed by atoms with E-state index in [1.807, 2.05) is 31.2 Å². The van der Waals surface area contributed by atoms with Crippen molar-refractivity contribution < 1.29 is 9.53 Å². The van der Waals surface area contributed by atoms with Gasteiger partial charge in [-0.2, -0.15) is 0 Å². The number of hydrogen-bond donors (Lipinski definition) is 2. The SMILES string of the molecule is Cc1cccc(OCC(=O)NC2CC(C)(C)NC(C)(C)C2)c1.Cl. The largest absolute Gasteiger partial charge is 0.484 e. The average Bonchev–Trinajstić information content (AvgIpc) is 2.32. The number of carbonyl (C=O) groups excluding carboxylic acids is 1. The van der Waals surface area contributed by atoms with Crippen LogP contribution in [0.1, 0.15) is 46.1 Å². The molecule has 23 heavy (non-hydrogen) atoms. The van der Waals surface area contributed by atoms with Crippen LogP contribution >= 0.6 is 12.4 Å². The fourth-order valence-electron chi connectivity index (χ4n) is 3.55. The Labute approximate surface area is 145 Å². The van der Waals surface area contributed by atoms with Crippen LogP contribution in [0.15, 0.2) is 24.3 Å². The van der Waals surface area contributed by atoms with Gasteiger partial charge in [-0.1, -0.05) is 12.1 Å². The monoisotopic (exact) mass is 340 g/mol. The number of carbonyl (C=O) groups is 1. The number of benzene rings is 1. The van der Waals surface area contributed by atoms with E-state index in [2.05, 4.69) is 38.3 Å². The summed E-state index contributed by atoms with van der Waals surface area (Å²) in [5.41, 5.74) is 1.17. The highest BCUT2D eigenvalue weighted by Gasteiger charge is 2.38. The molecule has 5 heteroatoms. The van der Waals surface area contributed by atoms with Gasteiger partial charge < -0.3 is 15.4 Å². The van der Waals surface area contributed by atoms with Gasteiger partial charge in [-0.25, -0.2) is 0 Å². The number of rotatable bonds is 4. The summed E-state index contributed by atoms with van der Waals surface area (Å²) < 4.78 is 5.57. The standard InChI is InChI=1S/C18H28N2O2.ClH/c1-13-7-6-8-15(9-13)22-12-16(21)19-14-10-17(2,3)20-18(4,5)11-14;/h6-9,14,20H,10-12H2,1-5H3,(H,19,21);1H. The van der Waals surface area contributed by atoms with Gasteiger partial charge in [0.15, 0.2) is 6.61 Å². The smallest absolute Gasteiger partial charge is 0.258 e. The summed E-state index contributed by atoms with van der Waals surface area (Å²) in [6, 6.07) is 7.92. The number of amides is 1. The van der Waals surface area contributed by atoms with Crippen molar-refractivity contribution in [3.8, 4) is 5.75 Å². The van der Waals surface area contributed by atoms with Gasteiger partial charge in [0.05, 0.1) is 0 Å². The molecule has 0 aliphatic carbocycles. The number of hydrogen-bond acceptors (Lipinski definition) is 3. The molecule has 1 heterocycles. The molecule has 2 N–H and O–H groups in total. The fourth-order valence-corrected chi connectivity index (χ4v) is 3.55. The van der Waals surface area contributed by atoms with E-state index in [9.17, 15) is 4.79 Å². The van der Waals surface area contributed by atoms with Gasteiger partial charge in [-0.15, -0.1) is 12.4 Å². The van der Waals surface area contributed by atoms with Crippen LogP contribution in [-0.2, 0) is 4.79 Å². The number of nitrogens with one attached hydrogen (secondary N) is 2. The molecule has 0 radical (unpaired) electrons. The molecule has 2 rings (SSSR count). The van der Waals surface area contributed by atoms with Crippen LogP contribution in [-0.4, -0.2) is 29.6 Å². The molecule has 1 aliphatic heterocycles. The van der Waals surface area contributed by atoms with E-state index >= 15 is 0 Å². The van der Waals surface area contributed by atoms with E-state index in [4.69, 9.17) is 4.74 Å². The van der Waals surface area contributed by atoms with Crippen LogP contribution in [0.4, 0.5) is 0 Å². The Balaban J connectivity index is 0.00000264. The van der Waals surface area contributed by atoms with Gasteiger partial charge >= 0.3 is 0 Å². The predicted molar refractivity (Wildman–Crippen MR) is 96.4 cm³/mol. The minimum Gasteiger partial charge on any atom is -0.484 e. The van der Waals surface area contributed by atoms with Crippen molar-refractivity contribution in [1.29, 1.82) is 0 Å². The summed E-state index contributed by atoms with van der Waals surface area (Å²) in [5.74, 6) is 0.682. The normalized spacial score (nSPS) is 19.5. The van der Waals surface area contributed by atoms with Crippen molar-refractivity contribution in [1.82, 2.24) is 10.6 Å². The maximum atomic E-state index is 12.1. The quantitative estimate of drug-likeness (QED) is 0.884. The molecule has 1 saturated heterocycles. The van der Waals surface area contributed by atoms with E-state index < -0.39 is 0 Å². The van der Waals surface area contributed by atoms with Crippen molar-refractivity contribution in [2.75, 3.05) is 6.61 Å². The molecule has 0 spiro atoms. The molecule has 0 atom stereocenters. The first kappa shape index (κ1) is 19.8. The molecular formula is C18H29ClN2O2. The first-order chi connectivity index (χ1) is 10.2. The summed E-state index contributed by atoms with van der Waals surface area (Å²) in [7, 11) is 0. The zero-order valence-electron chi connectivity index (χ0n) is 14.7. The highest BCUT2D eigenvalue weighted by molar-refractivity contribution is 5.85. The van der Waals surface area contributed by atoms with Crippen LogP contribution in [0, 0.1) is 6.92 Å². The first-order valence-electron chi connectivity index (χ1n) is 7.93. The number of piperidine rings is 1. The van der Waals surface area contributed by atoms with Crippen molar-refractivity contribution >= 4 is 18.3 Å². The molecule has 130 valence electrons. The van der Waals surface area contributed by atoms with Crippen molar-refractivity contribution in [2.45, 2.75) is 64.6 Å². The molecule has 1 fully saturated rings. The Hall–Kier alpha value is -1.26. The van der Waals surface area contributed by atoms with Crippen LogP contribution in [0.3, 0.4) is 0 Å². The van der Waals surface area contributed by atoms with E-state index in [0.717, 1.165) is 24.2 Å². The lowest BCUT2D eigenvalue weighted by atomic mass is 9.79. The van der Waals surface area contributed by atoms with Gasteiger partial charge in [0.25, 0.3) is 5.91 Å². The van der Waals surface area contributed by atoms with E-state index in [0.29, 0.717) is 0 Å². The lowest BCUT2D eigenvalue weighted by molar-refractivity contribution is -0.124. The summed E-state index contributed by atoms with van der Waals surface area (Å²) in [4.78, 5) is 12.1. The van der Waals surface area contributed by atoms with E-state index in [-0.39, 0.29) is 42.0 Å². The van der Waals surface area contributed by atoms with Gasteiger partial charge in [-0.05, 0) is 65.2 Å². The predicted octanol–water partition coefficient (Wildman–Crippen LogP) is 3.22. The minimum atomic E-state index is -0.0555.